The van der Waals surface area contributed by atoms with Gasteiger partial charge in [-0.15, -0.1) is 0 Å². The van der Waals surface area contributed by atoms with Gasteiger partial charge in [0.05, 0.1) is 14.2 Å². The van der Waals surface area contributed by atoms with E-state index >= 15 is 0 Å². The highest BCUT2D eigenvalue weighted by molar-refractivity contribution is 5.40. The lowest BCUT2D eigenvalue weighted by molar-refractivity contribution is 0.0981. The molecule has 4 nitrogen and oxygen atoms in total. The van der Waals surface area contributed by atoms with Crippen LogP contribution in [0.3, 0.4) is 0 Å². The molecular weight excluding hydrogens is 264 g/mol. The minimum atomic E-state index is 0.226. The van der Waals surface area contributed by atoms with Crippen molar-refractivity contribution in [3.8, 4) is 11.5 Å². The average Bonchev–Trinajstić information content (AvgIpc) is 2.51. The molecule has 1 aromatic rings. The summed E-state index contributed by atoms with van der Waals surface area (Å²) in [6, 6.07) is 6.27. The zero-order valence-electron chi connectivity index (χ0n) is 13.6. The Kier molecular flexibility index (Phi) is 5.48. The van der Waals surface area contributed by atoms with Crippen LogP contribution < -0.4 is 15.2 Å². The molecule has 2 rings (SSSR count). The van der Waals surface area contributed by atoms with Gasteiger partial charge in [-0.05, 0) is 42.5 Å². The van der Waals surface area contributed by atoms with E-state index in [1.807, 2.05) is 6.07 Å². The number of ether oxygens (including phenoxy) is 2. The fourth-order valence-corrected chi connectivity index (χ4v) is 3.10. The van der Waals surface area contributed by atoms with Crippen molar-refractivity contribution in [2.45, 2.75) is 26.3 Å². The summed E-state index contributed by atoms with van der Waals surface area (Å²) in [6.07, 6.45) is 1.23. The fraction of sp³-hybridized carbons (Fsp3) is 0.647. The predicted molar refractivity (Wildman–Crippen MR) is 85.9 cm³/mol. The molecule has 0 aromatic heterocycles. The lowest BCUT2D eigenvalue weighted by Crippen LogP contribution is -2.43. The van der Waals surface area contributed by atoms with E-state index in [0.29, 0.717) is 12.5 Å². The van der Waals surface area contributed by atoms with Gasteiger partial charge in [0.1, 0.15) is 11.5 Å². The van der Waals surface area contributed by atoms with E-state index in [1.165, 1.54) is 12.0 Å². The zero-order valence-corrected chi connectivity index (χ0v) is 13.6. The molecule has 1 fully saturated rings. The first-order valence-electron chi connectivity index (χ1n) is 7.76. The van der Waals surface area contributed by atoms with Crippen molar-refractivity contribution < 1.29 is 9.47 Å². The first kappa shape index (κ1) is 16.1. The van der Waals surface area contributed by atoms with E-state index in [4.69, 9.17) is 15.2 Å². The van der Waals surface area contributed by atoms with E-state index in [2.05, 4.69) is 30.9 Å². The molecule has 2 N–H and O–H groups in total. The molecule has 0 aliphatic carbocycles. The molecule has 0 bridgehead atoms. The molecule has 3 atom stereocenters. The third kappa shape index (κ3) is 3.69. The van der Waals surface area contributed by atoms with Gasteiger partial charge in [0.25, 0.3) is 0 Å². The smallest absolute Gasteiger partial charge is 0.122 e. The number of likely N-dealkylation sites (tertiary alicyclic amines) is 1. The fourth-order valence-electron chi connectivity index (χ4n) is 3.10. The molecular formula is C17H28N2O2. The van der Waals surface area contributed by atoms with E-state index in [-0.39, 0.29) is 6.04 Å². The van der Waals surface area contributed by atoms with Crippen LogP contribution in [0.5, 0.6) is 11.5 Å². The standard InChI is InChI=1S/C17H28N2O2/c1-12-5-6-19(11-13(12)2)17(10-18)14-7-15(20-3)9-16(8-14)21-4/h7-9,12-13,17H,5-6,10-11,18H2,1-4H3. The summed E-state index contributed by atoms with van der Waals surface area (Å²) < 4.78 is 10.8. The second-order valence-electron chi connectivity index (χ2n) is 6.14. The molecule has 0 spiro atoms. The Balaban J connectivity index is 2.24. The molecule has 0 radical (unpaired) electrons. The molecule has 3 unspecified atom stereocenters. The third-order valence-electron chi connectivity index (χ3n) is 4.79. The van der Waals surface area contributed by atoms with Crippen LogP contribution in [0, 0.1) is 11.8 Å². The van der Waals surface area contributed by atoms with E-state index < -0.39 is 0 Å². The molecule has 1 aromatic carbocycles. The van der Waals surface area contributed by atoms with Crippen LogP contribution in [0.2, 0.25) is 0 Å². The van der Waals surface area contributed by atoms with Crippen molar-refractivity contribution in [1.29, 1.82) is 0 Å². The van der Waals surface area contributed by atoms with Gasteiger partial charge in [0.2, 0.25) is 0 Å². The molecule has 1 aliphatic heterocycles. The van der Waals surface area contributed by atoms with Crippen molar-refractivity contribution in [3.05, 3.63) is 23.8 Å². The van der Waals surface area contributed by atoms with Crippen LogP contribution >= 0.6 is 0 Å². The quantitative estimate of drug-likeness (QED) is 0.906. The number of piperidine rings is 1. The lowest BCUT2D eigenvalue weighted by atomic mass is 9.87. The van der Waals surface area contributed by atoms with Gasteiger partial charge < -0.3 is 15.2 Å². The first-order chi connectivity index (χ1) is 10.1. The van der Waals surface area contributed by atoms with Crippen molar-refractivity contribution >= 4 is 0 Å². The van der Waals surface area contributed by atoms with Crippen molar-refractivity contribution in [1.82, 2.24) is 4.90 Å². The van der Waals surface area contributed by atoms with Crippen LogP contribution in [0.1, 0.15) is 31.9 Å². The van der Waals surface area contributed by atoms with Gasteiger partial charge in [-0.2, -0.15) is 0 Å². The summed E-state index contributed by atoms with van der Waals surface area (Å²) in [4.78, 5) is 2.50. The molecule has 1 aliphatic rings. The number of hydrogen-bond donors (Lipinski definition) is 1. The number of benzene rings is 1. The molecule has 0 amide bonds. The summed E-state index contributed by atoms with van der Waals surface area (Å²) in [5, 5.41) is 0. The van der Waals surface area contributed by atoms with Crippen LogP contribution in [-0.4, -0.2) is 38.8 Å². The summed E-state index contributed by atoms with van der Waals surface area (Å²) in [5.41, 5.74) is 7.25. The van der Waals surface area contributed by atoms with Gasteiger partial charge in [-0.25, -0.2) is 0 Å². The highest BCUT2D eigenvalue weighted by atomic mass is 16.5. The monoisotopic (exact) mass is 292 g/mol. The lowest BCUT2D eigenvalue weighted by Gasteiger charge is -2.40. The van der Waals surface area contributed by atoms with Gasteiger partial charge in [0, 0.05) is 25.2 Å². The van der Waals surface area contributed by atoms with E-state index in [0.717, 1.165) is 30.5 Å². The number of hydrogen-bond acceptors (Lipinski definition) is 4. The van der Waals surface area contributed by atoms with Gasteiger partial charge in [-0.3, -0.25) is 4.90 Å². The summed E-state index contributed by atoms with van der Waals surface area (Å²) in [5.74, 6) is 3.14. The van der Waals surface area contributed by atoms with Crippen molar-refractivity contribution in [2.75, 3.05) is 33.9 Å². The van der Waals surface area contributed by atoms with Crippen LogP contribution in [0.25, 0.3) is 0 Å². The summed E-state index contributed by atoms with van der Waals surface area (Å²) in [7, 11) is 3.36. The Labute approximate surface area is 128 Å². The topological polar surface area (TPSA) is 47.7 Å². The van der Waals surface area contributed by atoms with Crippen molar-refractivity contribution in [3.63, 3.8) is 0 Å². The number of nitrogens with zero attached hydrogens (tertiary/aromatic N) is 1. The average molecular weight is 292 g/mol. The molecule has 0 saturated carbocycles. The highest BCUT2D eigenvalue weighted by Gasteiger charge is 2.28. The van der Waals surface area contributed by atoms with E-state index in [1.54, 1.807) is 14.2 Å². The molecule has 118 valence electrons. The zero-order chi connectivity index (χ0) is 15.4. The second kappa shape index (κ2) is 7.14. The Hall–Kier alpha value is -1.26. The van der Waals surface area contributed by atoms with Gasteiger partial charge >= 0.3 is 0 Å². The van der Waals surface area contributed by atoms with Crippen molar-refractivity contribution in [2.24, 2.45) is 17.6 Å². The predicted octanol–water partition coefficient (Wildman–Crippen LogP) is 2.68. The maximum Gasteiger partial charge on any atom is 0.122 e. The molecule has 21 heavy (non-hydrogen) atoms. The highest BCUT2D eigenvalue weighted by Crippen LogP contribution is 2.32. The third-order valence-corrected chi connectivity index (χ3v) is 4.79. The van der Waals surface area contributed by atoms with Gasteiger partial charge in [0.15, 0.2) is 0 Å². The Morgan fingerprint density at radius 3 is 2.24 bits per heavy atom. The maximum atomic E-state index is 6.08. The van der Waals surface area contributed by atoms with Crippen LogP contribution in [0.15, 0.2) is 18.2 Å². The Morgan fingerprint density at radius 1 is 1.14 bits per heavy atom. The summed E-state index contributed by atoms with van der Waals surface area (Å²) >= 11 is 0. The number of rotatable bonds is 5. The summed E-state index contributed by atoms with van der Waals surface area (Å²) in [6.45, 7) is 7.48. The Bertz CT molecular complexity index is 442. The van der Waals surface area contributed by atoms with E-state index in [9.17, 15) is 0 Å². The minimum Gasteiger partial charge on any atom is -0.497 e. The maximum absolute atomic E-state index is 6.08. The minimum absolute atomic E-state index is 0.226. The van der Waals surface area contributed by atoms with Gasteiger partial charge in [-0.1, -0.05) is 13.8 Å². The van der Waals surface area contributed by atoms with Crippen LogP contribution in [-0.2, 0) is 0 Å². The van der Waals surface area contributed by atoms with Crippen LogP contribution in [0.4, 0.5) is 0 Å². The second-order valence-corrected chi connectivity index (χ2v) is 6.14. The Morgan fingerprint density at radius 2 is 1.76 bits per heavy atom. The normalized spacial score (nSPS) is 24.6. The SMILES string of the molecule is COc1cc(OC)cc(C(CN)N2CCC(C)C(C)C2)c1. The first-order valence-corrected chi connectivity index (χ1v) is 7.76. The number of nitrogens with two attached hydrogens (primary N) is 1. The molecule has 1 saturated heterocycles. The molecule has 1 heterocycles. The number of methoxy groups -OCH3 is 2. The molecule has 4 heteroatoms. The largest absolute Gasteiger partial charge is 0.497 e.